The van der Waals surface area contributed by atoms with Crippen molar-refractivity contribution in [2.45, 2.75) is 94.1 Å². The highest BCUT2D eigenvalue weighted by molar-refractivity contribution is 5.95. The van der Waals surface area contributed by atoms with Gasteiger partial charge in [0.2, 0.25) is 11.8 Å². The van der Waals surface area contributed by atoms with E-state index in [0.717, 1.165) is 79.9 Å². The summed E-state index contributed by atoms with van der Waals surface area (Å²) in [5.41, 5.74) is 2.26. The van der Waals surface area contributed by atoms with E-state index in [1.807, 2.05) is 35.4 Å². The predicted octanol–water partition coefficient (Wildman–Crippen LogP) is 6.57. The molecule has 0 aliphatic heterocycles. The van der Waals surface area contributed by atoms with Crippen LogP contribution < -0.4 is 9.64 Å². The number of halogens is 1. The Hall–Kier alpha value is -3.82. The van der Waals surface area contributed by atoms with Gasteiger partial charge in [0.1, 0.15) is 12.0 Å². The van der Waals surface area contributed by atoms with Gasteiger partial charge in [-0.15, -0.1) is 0 Å². The number of ether oxygens (including phenoxy) is 1. The molecule has 9 nitrogen and oxygen atoms in total. The molecule has 7 aliphatic rings. The van der Waals surface area contributed by atoms with Crippen LogP contribution in [0.2, 0.25) is 0 Å². The molecule has 1 aromatic carbocycles. The molecule has 4 bridgehead atoms. The van der Waals surface area contributed by atoms with Crippen LogP contribution >= 0.6 is 0 Å². The minimum atomic E-state index is -1.02. The van der Waals surface area contributed by atoms with Crippen molar-refractivity contribution in [2.75, 3.05) is 18.6 Å². The maximum Gasteiger partial charge on any atom is 0.232 e. The summed E-state index contributed by atoms with van der Waals surface area (Å²) in [5, 5.41) is 8.65. The van der Waals surface area contributed by atoms with Crippen molar-refractivity contribution in [2.24, 2.45) is 10.8 Å². The molecule has 7 aliphatic carbocycles. The predicted molar refractivity (Wildman–Crippen MR) is 160 cm³/mol. The van der Waals surface area contributed by atoms with Crippen molar-refractivity contribution in [3.63, 3.8) is 0 Å². The number of nitrogens with zero attached hydrogens (tertiary/aromatic N) is 6. The van der Waals surface area contributed by atoms with Crippen LogP contribution in [0.5, 0.6) is 5.75 Å². The number of methoxy groups -OCH3 is 1. The highest BCUT2D eigenvalue weighted by Gasteiger charge is 2.69. The topological polar surface area (TPSA) is 98.7 Å². The second-order valence-corrected chi connectivity index (χ2v) is 14.7. The molecule has 7 saturated carbocycles. The number of hydrogen-bond acceptors (Lipinski definition) is 7. The molecule has 0 spiro atoms. The molecule has 228 valence electrons. The van der Waals surface area contributed by atoms with Crippen LogP contribution in [0.25, 0.3) is 16.8 Å². The fourth-order valence-electron chi connectivity index (χ4n) is 8.96. The Kier molecular flexibility index (Phi) is 5.50. The Morgan fingerprint density at radius 3 is 2.55 bits per heavy atom. The zero-order valence-electron chi connectivity index (χ0n) is 25.1. The molecule has 3 heterocycles. The lowest BCUT2D eigenvalue weighted by molar-refractivity contribution is -0.215. The Morgan fingerprint density at radius 2 is 1.84 bits per heavy atom. The molecule has 7 fully saturated rings. The van der Waals surface area contributed by atoms with Gasteiger partial charge in [-0.2, -0.15) is 10.1 Å². The summed E-state index contributed by atoms with van der Waals surface area (Å²) in [4.78, 5) is 25.4. The van der Waals surface area contributed by atoms with Crippen LogP contribution in [0.3, 0.4) is 0 Å². The third-order valence-electron chi connectivity index (χ3n) is 11.7. The summed E-state index contributed by atoms with van der Waals surface area (Å²) in [7, 11) is 1.63. The minimum Gasteiger partial charge on any atom is -0.493 e. The van der Waals surface area contributed by atoms with Gasteiger partial charge in [-0.3, -0.25) is 4.79 Å². The Morgan fingerprint density at radius 1 is 1.07 bits per heavy atom. The van der Waals surface area contributed by atoms with Crippen LogP contribution in [0.15, 0.2) is 47.4 Å². The number of fused-ring (bicyclic) bond motifs is 4. The summed E-state index contributed by atoms with van der Waals surface area (Å²) in [6, 6.07) is 10.2. The van der Waals surface area contributed by atoms with Crippen molar-refractivity contribution >= 4 is 17.2 Å². The zero-order chi connectivity index (χ0) is 29.7. The first-order chi connectivity index (χ1) is 21.3. The number of benzene rings is 1. The summed E-state index contributed by atoms with van der Waals surface area (Å²) < 4.78 is 27.6. The van der Waals surface area contributed by atoms with Crippen LogP contribution in [0.4, 0.5) is 10.1 Å². The molecule has 10 heteroatoms. The number of amides is 1. The number of anilines is 1. The molecule has 0 unspecified atom stereocenters. The van der Waals surface area contributed by atoms with Gasteiger partial charge in [-0.05, 0) is 105 Å². The first-order valence-corrected chi connectivity index (χ1v) is 16.1. The van der Waals surface area contributed by atoms with Crippen molar-refractivity contribution in [3.05, 3.63) is 54.6 Å². The first kappa shape index (κ1) is 26.6. The largest absolute Gasteiger partial charge is 0.493 e. The highest BCUT2D eigenvalue weighted by Crippen LogP contribution is 2.71. The minimum absolute atomic E-state index is 0.0308. The fourth-order valence-corrected chi connectivity index (χ4v) is 8.96. The quantitative estimate of drug-likeness (QED) is 0.215. The second kappa shape index (κ2) is 9.11. The van der Waals surface area contributed by atoms with Crippen LogP contribution in [0.1, 0.15) is 94.7 Å². The number of alkyl halides is 1. The number of hydrogen-bond donors (Lipinski definition) is 0. The molecule has 4 aromatic rings. The van der Waals surface area contributed by atoms with Crippen molar-refractivity contribution in [3.8, 4) is 16.9 Å². The molecule has 44 heavy (non-hydrogen) atoms. The molecule has 3 aromatic heterocycles. The maximum absolute atomic E-state index is 14.4. The monoisotopic (exact) mass is 596 g/mol. The summed E-state index contributed by atoms with van der Waals surface area (Å²) in [6.45, 7) is 0.671. The molecular formula is C34H37FN6O3. The molecule has 1 amide bonds. The number of carbonyl (C=O) groups is 1. The molecule has 11 rings (SSSR count). The van der Waals surface area contributed by atoms with Gasteiger partial charge in [0.25, 0.3) is 0 Å². The lowest BCUT2D eigenvalue weighted by Gasteiger charge is -2.66. The third kappa shape index (κ3) is 4.12. The zero-order valence-corrected chi connectivity index (χ0v) is 25.1. The van der Waals surface area contributed by atoms with E-state index in [9.17, 15) is 9.18 Å². The first-order valence-electron chi connectivity index (χ1n) is 16.1. The van der Waals surface area contributed by atoms with Gasteiger partial charge in [-0.1, -0.05) is 17.3 Å². The fraction of sp³-hybridized carbons (Fsp3) is 0.559. The molecular weight excluding hydrogens is 559 g/mol. The molecule has 0 saturated heterocycles. The van der Waals surface area contributed by atoms with Crippen molar-refractivity contribution in [1.82, 2.24) is 24.7 Å². The number of rotatable bonds is 9. The molecule has 0 atom stereocenters. The van der Waals surface area contributed by atoms with Gasteiger partial charge >= 0.3 is 0 Å². The van der Waals surface area contributed by atoms with Crippen molar-refractivity contribution in [1.29, 1.82) is 0 Å². The van der Waals surface area contributed by atoms with Gasteiger partial charge in [-0.25, -0.2) is 13.9 Å². The number of pyridine rings is 1. The highest BCUT2D eigenvalue weighted by atomic mass is 19.1. The van der Waals surface area contributed by atoms with Crippen LogP contribution in [-0.4, -0.2) is 50.0 Å². The van der Waals surface area contributed by atoms with E-state index in [0.29, 0.717) is 49.5 Å². The van der Waals surface area contributed by atoms with Crippen LogP contribution in [-0.2, 0) is 10.2 Å². The lowest BCUT2D eigenvalue weighted by Crippen LogP contribution is -2.65. The normalized spacial score (nSPS) is 31.9. The SMILES string of the molecule is COc1cc(-c2cccc(N(CC34CCC(c5nc(C6CC6)no5)(CC3)CC4)C(=O)CC34CC(F)(C3)C4)c2)cn2ncnc12. The van der Waals surface area contributed by atoms with E-state index >= 15 is 0 Å². The van der Waals surface area contributed by atoms with Gasteiger partial charge in [0.05, 0.1) is 7.11 Å². The molecule has 0 N–H and O–H groups in total. The smallest absolute Gasteiger partial charge is 0.232 e. The van der Waals surface area contributed by atoms with E-state index in [-0.39, 0.29) is 22.2 Å². The van der Waals surface area contributed by atoms with Gasteiger partial charge < -0.3 is 14.2 Å². The lowest BCUT2D eigenvalue weighted by atomic mass is 9.41. The second-order valence-electron chi connectivity index (χ2n) is 14.7. The molecule has 0 radical (unpaired) electrons. The average Bonchev–Trinajstić information content (AvgIpc) is 3.53. The maximum atomic E-state index is 14.4. The Balaban J connectivity index is 1.01. The summed E-state index contributed by atoms with van der Waals surface area (Å²) >= 11 is 0. The van der Waals surface area contributed by atoms with Gasteiger partial charge in [0.15, 0.2) is 17.2 Å². The van der Waals surface area contributed by atoms with E-state index in [1.54, 1.807) is 11.6 Å². The van der Waals surface area contributed by atoms with E-state index in [1.165, 1.54) is 6.33 Å². The Bertz CT molecular complexity index is 1750. The van der Waals surface area contributed by atoms with Crippen molar-refractivity contribution < 1.29 is 18.4 Å². The van der Waals surface area contributed by atoms with E-state index in [2.05, 4.69) is 21.3 Å². The van der Waals surface area contributed by atoms with Crippen LogP contribution in [0, 0.1) is 10.8 Å². The summed E-state index contributed by atoms with van der Waals surface area (Å²) in [5.74, 6) is 2.95. The van der Waals surface area contributed by atoms with E-state index in [4.69, 9.17) is 14.2 Å². The number of carbonyl (C=O) groups excluding carboxylic acids is 1. The summed E-state index contributed by atoms with van der Waals surface area (Å²) in [6.07, 6.45) is 13.9. The average molecular weight is 597 g/mol. The standard InChI is InChI=1S/C34H37FN6O3/c1-43-26-14-24(16-41-29(26)36-21-37-41)23-3-2-4-25(13-23)40(27(42)15-32-17-34(35,18-32)19-32)20-31-7-10-33(11-8-31,12-9-31)30-38-28(39-44-30)22-5-6-22/h2-4,13-14,16,21-22H,5-12,15,17-20H2,1H3. The Labute approximate surface area is 255 Å². The van der Waals surface area contributed by atoms with E-state index < -0.39 is 5.67 Å². The van der Waals surface area contributed by atoms with Gasteiger partial charge in [0, 0.05) is 41.7 Å². The third-order valence-corrected chi connectivity index (χ3v) is 11.7. The number of aromatic nitrogens is 5.